The van der Waals surface area contributed by atoms with Gasteiger partial charge in [0.05, 0.1) is 0 Å². The minimum Gasteiger partial charge on any atom is -0.369 e. The predicted octanol–water partition coefficient (Wildman–Crippen LogP) is 4.45. The van der Waals surface area contributed by atoms with Gasteiger partial charge in [-0.25, -0.2) is 0 Å². The maximum atomic E-state index is 12.6. The number of rotatable bonds is 14. The normalized spacial score (nSPS) is 13.6. The maximum absolute atomic E-state index is 12.6. The van der Waals surface area contributed by atoms with Gasteiger partial charge in [0.2, 0.25) is 0 Å². The largest absolute Gasteiger partial charge is 0.563 e. The molecule has 0 N–H and O–H groups in total. The maximum Gasteiger partial charge on any atom is 0.563 e. The molecule has 6 heteroatoms. The lowest BCUT2D eigenvalue weighted by atomic mass is 10.1. The van der Waals surface area contributed by atoms with Crippen molar-refractivity contribution in [3.8, 4) is 0 Å². The SMILES string of the molecule is CCCCCCCC[PH](=O)[Si](OCC)(OCC)OCC. The monoisotopic (exact) mass is 324 g/mol. The highest BCUT2D eigenvalue weighted by molar-refractivity contribution is 7.82. The van der Waals surface area contributed by atoms with Crippen molar-refractivity contribution in [3.05, 3.63) is 0 Å². The molecule has 0 aromatic carbocycles. The summed E-state index contributed by atoms with van der Waals surface area (Å²) in [5.41, 5.74) is 0. The summed E-state index contributed by atoms with van der Waals surface area (Å²) in [6.45, 7) is 9.42. The van der Waals surface area contributed by atoms with Gasteiger partial charge >= 0.3 is 8.47 Å². The molecule has 0 amide bonds. The first kappa shape index (κ1) is 20.3. The van der Waals surface area contributed by atoms with E-state index in [2.05, 4.69) is 6.92 Å². The van der Waals surface area contributed by atoms with E-state index in [9.17, 15) is 4.57 Å². The second kappa shape index (κ2) is 13.0. The number of unbranched alkanes of at least 4 members (excludes halogenated alkanes) is 5. The van der Waals surface area contributed by atoms with Crippen LogP contribution in [0.3, 0.4) is 0 Å². The molecule has 4 nitrogen and oxygen atoms in total. The van der Waals surface area contributed by atoms with Gasteiger partial charge in [-0.05, 0) is 27.2 Å². The lowest BCUT2D eigenvalue weighted by molar-refractivity contribution is 0.0936. The minimum absolute atomic E-state index is 0.499. The van der Waals surface area contributed by atoms with Crippen LogP contribution in [0.15, 0.2) is 0 Å². The van der Waals surface area contributed by atoms with Gasteiger partial charge in [-0.3, -0.25) is 0 Å². The van der Waals surface area contributed by atoms with Crippen LogP contribution in [0.25, 0.3) is 0 Å². The molecule has 1 unspecified atom stereocenters. The van der Waals surface area contributed by atoms with E-state index in [4.69, 9.17) is 13.3 Å². The Morgan fingerprint density at radius 3 is 1.65 bits per heavy atom. The predicted molar refractivity (Wildman–Crippen MR) is 87.9 cm³/mol. The Morgan fingerprint density at radius 2 is 1.20 bits per heavy atom. The average Bonchev–Trinajstić information content (AvgIpc) is 2.43. The summed E-state index contributed by atoms with van der Waals surface area (Å²) in [6, 6.07) is 0. The highest BCUT2D eigenvalue weighted by Crippen LogP contribution is 2.38. The molecule has 0 fully saturated rings. The Morgan fingerprint density at radius 1 is 0.750 bits per heavy atom. The van der Waals surface area contributed by atoms with E-state index in [0.29, 0.717) is 26.0 Å². The van der Waals surface area contributed by atoms with E-state index in [-0.39, 0.29) is 0 Å². The van der Waals surface area contributed by atoms with E-state index >= 15 is 0 Å². The van der Waals surface area contributed by atoms with Crippen molar-refractivity contribution in [2.24, 2.45) is 0 Å². The van der Waals surface area contributed by atoms with Gasteiger partial charge in [0, 0.05) is 26.0 Å². The molecule has 0 saturated heterocycles. The molecule has 1 atom stereocenters. The van der Waals surface area contributed by atoms with Crippen LogP contribution in [0.2, 0.25) is 0 Å². The fraction of sp³-hybridized carbons (Fsp3) is 1.00. The first-order valence-corrected chi connectivity index (χ1v) is 12.5. The smallest absolute Gasteiger partial charge is 0.369 e. The zero-order valence-electron chi connectivity index (χ0n) is 13.7. The summed E-state index contributed by atoms with van der Waals surface area (Å²) in [5, 5.41) is 0. The highest BCUT2D eigenvalue weighted by Gasteiger charge is 2.47. The average molecular weight is 324 g/mol. The second-order valence-electron chi connectivity index (χ2n) is 4.80. The zero-order chi connectivity index (χ0) is 15.3. The fourth-order valence-corrected chi connectivity index (χ4v) is 9.10. The Hall–Kier alpha value is 0.327. The number of hydrogen-bond donors (Lipinski definition) is 0. The van der Waals surface area contributed by atoms with Crippen molar-refractivity contribution in [1.29, 1.82) is 0 Å². The summed E-state index contributed by atoms with van der Waals surface area (Å²) in [5.74, 6) is 0. The molecule has 0 aliphatic rings. The van der Waals surface area contributed by atoms with Crippen LogP contribution in [0.5, 0.6) is 0 Å². The van der Waals surface area contributed by atoms with Crippen molar-refractivity contribution in [3.63, 3.8) is 0 Å². The van der Waals surface area contributed by atoms with Crippen molar-refractivity contribution >= 4 is 15.8 Å². The molecule has 0 aromatic rings. The van der Waals surface area contributed by atoms with Crippen molar-refractivity contribution in [2.75, 3.05) is 26.0 Å². The van der Waals surface area contributed by atoms with E-state index in [1.165, 1.54) is 25.7 Å². The zero-order valence-corrected chi connectivity index (χ0v) is 15.7. The van der Waals surface area contributed by atoms with Crippen LogP contribution in [-0.4, -0.2) is 34.5 Å². The van der Waals surface area contributed by atoms with Crippen LogP contribution < -0.4 is 0 Å². The molecule has 0 aliphatic heterocycles. The van der Waals surface area contributed by atoms with Crippen LogP contribution in [0, 0.1) is 0 Å². The van der Waals surface area contributed by atoms with E-state index in [1.807, 2.05) is 20.8 Å². The molecule has 20 heavy (non-hydrogen) atoms. The molecule has 122 valence electrons. The Labute approximate surface area is 126 Å². The summed E-state index contributed by atoms with van der Waals surface area (Å²) in [6.07, 6.45) is 7.89. The van der Waals surface area contributed by atoms with Gasteiger partial charge in [-0.2, -0.15) is 0 Å². The summed E-state index contributed by atoms with van der Waals surface area (Å²) in [7, 11) is -4.87. The third-order valence-electron chi connectivity index (χ3n) is 3.10. The second-order valence-corrected chi connectivity index (χ2v) is 11.6. The van der Waals surface area contributed by atoms with Gasteiger partial charge in [-0.15, -0.1) is 0 Å². The summed E-state index contributed by atoms with van der Waals surface area (Å²) in [4.78, 5) is 0. The third kappa shape index (κ3) is 7.94. The van der Waals surface area contributed by atoms with Gasteiger partial charge in [0.25, 0.3) is 0 Å². The molecule has 0 heterocycles. The standard InChI is InChI=1S/C14H33O4PSi/c1-5-9-10-11-12-13-14-19(15)20(16-6-2,17-7-3)18-8-4/h19H,5-14H2,1-4H3. The molecule has 0 saturated carbocycles. The molecule has 0 radical (unpaired) electrons. The lowest BCUT2D eigenvalue weighted by Crippen LogP contribution is -2.43. The molecule has 0 aromatic heterocycles. The lowest BCUT2D eigenvalue weighted by Gasteiger charge is -2.27. The first-order chi connectivity index (χ1) is 9.66. The van der Waals surface area contributed by atoms with Crippen molar-refractivity contribution in [1.82, 2.24) is 0 Å². The Bertz CT molecular complexity index is 234. The highest BCUT2D eigenvalue weighted by atomic mass is 31.4. The fourth-order valence-electron chi connectivity index (χ4n) is 2.16. The van der Waals surface area contributed by atoms with Crippen LogP contribution >= 0.6 is 7.35 Å². The third-order valence-corrected chi connectivity index (χ3v) is 10.7. The number of hydrogen-bond acceptors (Lipinski definition) is 4. The summed E-state index contributed by atoms with van der Waals surface area (Å²) < 4.78 is 29.7. The van der Waals surface area contributed by atoms with Crippen LogP contribution in [-0.2, 0) is 17.8 Å². The van der Waals surface area contributed by atoms with Crippen LogP contribution in [0.1, 0.15) is 66.2 Å². The Kier molecular flexibility index (Phi) is 13.2. The molecular weight excluding hydrogens is 291 g/mol. The quantitative estimate of drug-likeness (QED) is 0.269. The molecule has 0 spiro atoms. The van der Waals surface area contributed by atoms with E-state index in [0.717, 1.165) is 12.8 Å². The summed E-state index contributed by atoms with van der Waals surface area (Å²) >= 11 is 0. The minimum atomic E-state index is -2.93. The van der Waals surface area contributed by atoms with E-state index < -0.39 is 15.8 Å². The van der Waals surface area contributed by atoms with E-state index in [1.54, 1.807) is 0 Å². The van der Waals surface area contributed by atoms with Crippen molar-refractivity contribution < 1.29 is 17.8 Å². The van der Waals surface area contributed by atoms with Gasteiger partial charge in [0.15, 0.2) is 0 Å². The molecular formula is C14H33O4PSi. The molecule has 0 aliphatic carbocycles. The van der Waals surface area contributed by atoms with Crippen molar-refractivity contribution in [2.45, 2.75) is 66.2 Å². The topological polar surface area (TPSA) is 44.8 Å². The Balaban J connectivity index is 4.25. The van der Waals surface area contributed by atoms with Crippen LogP contribution in [0.4, 0.5) is 0 Å². The van der Waals surface area contributed by atoms with Gasteiger partial charge < -0.3 is 17.8 Å². The van der Waals surface area contributed by atoms with Gasteiger partial charge in [-0.1, -0.05) is 39.0 Å². The first-order valence-electron chi connectivity index (χ1n) is 8.11. The molecule has 0 rings (SSSR count). The van der Waals surface area contributed by atoms with Gasteiger partial charge in [0.1, 0.15) is 7.35 Å². The molecule has 0 bridgehead atoms.